The van der Waals surface area contributed by atoms with Crippen molar-refractivity contribution in [3.8, 4) is 5.75 Å². The van der Waals surface area contributed by atoms with Gasteiger partial charge in [-0.15, -0.1) is 0 Å². The maximum absolute atomic E-state index is 13.3. The van der Waals surface area contributed by atoms with Crippen molar-refractivity contribution in [3.05, 3.63) is 53.6 Å². The number of nitrogens with one attached hydrogen (secondary N) is 1. The molecule has 0 saturated carbocycles. The number of carbonyl (C=O) groups is 2. The van der Waals surface area contributed by atoms with Gasteiger partial charge in [-0.3, -0.25) is 9.59 Å². The van der Waals surface area contributed by atoms with E-state index in [1.165, 1.54) is 21.9 Å². The van der Waals surface area contributed by atoms with Crippen LogP contribution in [0, 0.1) is 0 Å². The SMILES string of the molecule is NC[C@H](NS(=O)(=O)c1cccc(N2CCCCC2=O)c1OC(F)F)C(=O)N1Cc2ccccc2C1. The first-order valence-electron chi connectivity index (χ1n) is 11.2. The third-order valence-corrected chi connectivity index (χ3v) is 7.55. The molecular weight excluding hydrogens is 482 g/mol. The molecule has 1 atom stereocenters. The van der Waals surface area contributed by atoms with Crippen LogP contribution in [0.5, 0.6) is 5.75 Å². The van der Waals surface area contributed by atoms with Crippen molar-refractivity contribution in [1.82, 2.24) is 9.62 Å². The molecule has 2 aromatic rings. The molecule has 0 radical (unpaired) electrons. The Morgan fingerprint density at radius 1 is 1.09 bits per heavy atom. The zero-order chi connectivity index (χ0) is 25.2. The van der Waals surface area contributed by atoms with E-state index in [1.54, 1.807) is 0 Å². The van der Waals surface area contributed by atoms with Gasteiger partial charge in [0.15, 0.2) is 5.75 Å². The molecule has 2 amide bonds. The minimum absolute atomic E-state index is 0.0662. The molecule has 2 aliphatic heterocycles. The molecule has 1 saturated heterocycles. The second kappa shape index (κ2) is 10.3. The van der Waals surface area contributed by atoms with E-state index in [0.717, 1.165) is 17.2 Å². The van der Waals surface area contributed by atoms with Crippen molar-refractivity contribution in [3.63, 3.8) is 0 Å². The normalized spacial score (nSPS) is 17.0. The van der Waals surface area contributed by atoms with Crippen molar-refractivity contribution in [2.24, 2.45) is 5.73 Å². The van der Waals surface area contributed by atoms with Crippen LogP contribution in [0.2, 0.25) is 0 Å². The number of halogens is 2. The first kappa shape index (κ1) is 25.0. The van der Waals surface area contributed by atoms with Crippen molar-refractivity contribution < 1.29 is 31.5 Å². The Balaban J connectivity index is 1.62. The fraction of sp³-hybridized carbons (Fsp3) is 0.391. The number of para-hydroxylation sites is 1. The number of fused-ring (bicyclic) bond motifs is 1. The van der Waals surface area contributed by atoms with E-state index in [0.29, 0.717) is 25.9 Å². The number of ether oxygens (including phenoxy) is 1. The van der Waals surface area contributed by atoms with Crippen molar-refractivity contribution in [2.75, 3.05) is 18.0 Å². The summed E-state index contributed by atoms with van der Waals surface area (Å²) in [6.45, 7) is -2.83. The number of rotatable bonds is 8. The average molecular weight is 509 g/mol. The number of hydrogen-bond donors (Lipinski definition) is 2. The van der Waals surface area contributed by atoms with Crippen LogP contribution in [0.1, 0.15) is 30.4 Å². The molecular formula is C23H26F2N4O5S. The van der Waals surface area contributed by atoms with Gasteiger partial charge in [-0.25, -0.2) is 8.42 Å². The van der Waals surface area contributed by atoms with Crippen LogP contribution in [-0.4, -0.2) is 50.9 Å². The van der Waals surface area contributed by atoms with E-state index in [4.69, 9.17) is 5.73 Å². The maximum atomic E-state index is 13.3. The summed E-state index contributed by atoms with van der Waals surface area (Å²) in [5.41, 5.74) is 7.57. The first-order chi connectivity index (χ1) is 16.7. The predicted octanol–water partition coefficient (Wildman–Crippen LogP) is 1.95. The van der Waals surface area contributed by atoms with Gasteiger partial charge in [-0.05, 0) is 36.1 Å². The number of alkyl halides is 2. The highest BCUT2D eigenvalue weighted by Crippen LogP contribution is 2.38. The molecule has 0 aromatic heterocycles. The molecule has 0 spiro atoms. The zero-order valence-electron chi connectivity index (χ0n) is 18.8. The summed E-state index contributed by atoms with van der Waals surface area (Å²) in [6.07, 6.45) is 1.50. The summed E-state index contributed by atoms with van der Waals surface area (Å²) in [6, 6.07) is 9.90. The molecule has 0 aliphatic carbocycles. The summed E-state index contributed by atoms with van der Waals surface area (Å²) >= 11 is 0. The van der Waals surface area contributed by atoms with Crippen LogP contribution in [0.15, 0.2) is 47.4 Å². The zero-order valence-corrected chi connectivity index (χ0v) is 19.6. The number of nitrogens with two attached hydrogens (primary N) is 1. The highest BCUT2D eigenvalue weighted by Gasteiger charge is 2.34. The topological polar surface area (TPSA) is 122 Å². The number of amides is 2. The monoisotopic (exact) mass is 508 g/mol. The lowest BCUT2D eigenvalue weighted by molar-refractivity contribution is -0.133. The van der Waals surface area contributed by atoms with Crippen LogP contribution < -0.4 is 20.1 Å². The van der Waals surface area contributed by atoms with Crippen LogP contribution in [-0.2, 0) is 32.7 Å². The third-order valence-electron chi connectivity index (χ3n) is 6.05. The molecule has 4 rings (SSSR count). The minimum Gasteiger partial charge on any atom is -0.431 e. The van der Waals surface area contributed by atoms with Gasteiger partial charge in [-0.1, -0.05) is 30.3 Å². The molecule has 188 valence electrons. The lowest BCUT2D eigenvalue weighted by Crippen LogP contribution is -2.50. The van der Waals surface area contributed by atoms with Gasteiger partial charge in [-0.2, -0.15) is 13.5 Å². The van der Waals surface area contributed by atoms with Crippen LogP contribution >= 0.6 is 0 Å². The highest BCUT2D eigenvalue weighted by atomic mass is 32.2. The van der Waals surface area contributed by atoms with Crippen LogP contribution in [0.25, 0.3) is 0 Å². The lowest BCUT2D eigenvalue weighted by atomic mass is 10.1. The standard InChI is InChI=1S/C23H26F2N4O5S/c24-23(25)34-21-18(29-11-4-3-10-20(29)30)8-5-9-19(21)35(32,33)27-17(12-26)22(31)28-13-15-6-1-2-7-16(15)14-28/h1-2,5-9,17,23,27H,3-4,10-14,26H2/t17-/m0/s1. The Morgan fingerprint density at radius 2 is 1.77 bits per heavy atom. The molecule has 1 fully saturated rings. The summed E-state index contributed by atoms with van der Waals surface area (Å²) < 4.78 is 60.0. The fourth-order valence-corrected chi connectivity index (χ4v) is 5.71. The van der Waals surface area contributed by atoms with E-state index in [2.05, 4.69) is 9.46 Å². The number of sulfonamides is 1. The van der Waals surface area contributed by atoms with Crippen molar-refractivity contribution in [1.29, 1.82) is 0 Å². The second-order valence-corrected chi connectivity index (χ2v) is 10.0. The Morgan fingerprint density at radius 3 is 2.37 bits per heavy atom. The van der Waals surface area contributed by atoms with Crippen molar-refractivity contribution >= 4 is 27.5 Å². The van der Waals surface area contributed by atoms with Crippen LogP contribution in [0.4, 0.5) is 14.5 Å². The number of anilines is 1. The van der Waals surface area contributed by atoms with E-state index in [9.17, 15) is 26.8 Å². The van der Waals surface area contributed by atoms with Crippen molar-refractivity contribution in [2.45, 2.75) is 49.9 Å². The van der Waals surface area contributed by atoms with Gasteiger partial charge >= 0.3 is 6.61 Å². The third kappa shape index (κ3) is 5.29. The summed E-state index contributed by atoms with van der Waals surface area (Å²) in [5, 5.41) is 0. The molecule has 0 unspecified atom stereocenters. The van der Waals surface area contributed by atoms with Gasteiger partial charge < -0.3 is 20.3 Å². The van der Waals surface area contributed by atoms with E-state index in [-0.39, 0.29) is 31.1 Å². The van der Waals surface area contributed by atoms with Gasteiger partial charge in [0, 0.05) is 32.6 Å². The van der Waals surface area contributed by atoms with E-state index < -0.39 is 39.2 Å². The molecule has 2 aliphatic rings. The Hall–Kier alpha value is -3.09. The molecule has 12 heteroatoms. The molecule has 2 heterocycles. The van der Waals surface area contributed by atoms with E-state index in [1.807, 2.05) is 24.3 Å². The quantitative estimate of drug-likeness (QED) is 0.562. The smallest absolute Gasteiger partial charge is 0.387 e. The molecule has 2 aromatic carbocycles. The summed E-state index contributed by atoms with van der Waals surface area (Å²) in [5.74, 6) is -1.51. The summed E-state index contributed by atoms with van der Waals surface area (Å²) in [7, 11) is -4.54. The average Bonchev–Trinajstić information content (AvgIpc) is 3.27. The lowest BCUT2D eigenvalue weighted by Gasteiger charge is -2.29. The van der Waals surface area contributed by atoms with Gasteiger partial charge in [0.1, 0.15) is 10.9 Å². The van der Waals surface area contributed by atoms with Gasteiger partial charge in [0.2, 0.25) is 21.8 Å². The molecule has 3 N–H and O–H groups in total. The Kier molecular flexibility index (Phi) is 7.33. The first-order valence-corrected chi connectivity index (χ1v) is 12.7. The number of nitrogens with zero attached hydrogens (tertiary/aromatic N) is 2. The number of hydrogen-bond acceptors (Lipinski definition) is 6. The fourth-order valence-electron chi connectivity index (χ4n) is 4.36. The largest absolute Gasteiger partial charge is 0.431 e. The number of benzene rings is 2. The Bertz CT molecular complexity index is 1200. The molecule has 0 bridgehead atoms. The second-order valence-electron chi connectivity index (χ2n) is 8.36. The molecule has 9 nitrogen and oxygen atoms in total. The Labute approximate surface area is 201 Å². The van der Waals surface area contributed by atoms with Crippen LogP contribution in [0.3, 0.4) is 0 Å². The highest BCUT2D eigenvalue weighted by molar-refractivity contribution is 7.89. The maximum Gasteiger partial charge on any atom is 0.387 e. The number of piperidine rings is 1. The molecule has 35 heavy (non-hydrogen) atoms. The minimum atomic E-state index is -4.54. The van der Waals surface area contributed by atoms with Gasteiger partial charge in [0.05, 0.1) is 5.69 Å². The summed E-state index contributed by atoms with van der Waals surface area (Å²) in [4.78, 5) is 27.6. The van der Waals surface area contributed by atoms with Gasteiger partial charge in [0.25, 0.3) is 0 Å². The predicted molar refractivity (Wildman–Crippen MR) is 123 cm³/mol. The van der Waals surface area contributed by atoms with E-state index >= 15 is 0 Å². The number of carbonyl (C=O) groups excluding carboxylic acids is 2.